The number of carbonyl (C=O) groups excluding carboxylic acids is 1. The third-order valence-electron chi connectivity index (χ3n) is 1.47. The van der Waals surface area contributed by atoms with Crippen LogP contribution in [0, 0.1) is 11.3 Å². The molecule has 0 bridgehead atoms. The van der Waals surface area contributed by atoms with Gasteiger partial charge in [-0.15, -0.1) is 0 Å². The molecule has 4 nitrogen and oxygen atoms in total. The smallest absolute Gasteiger partial charge is 0.101 e. The summed E-state index contributed by atoms with van der Waals surface area (Å²) in [7, 11) is 0. The lowest BCUT2D eigenvalue weighted by atomic mass is 10.2. The first-order valence-electron chi connectivity index (χ1n) is 3.67. The highest BCUT2D eigenvalue weighted by Gasteiger charge is 1.98. The molecule has 1 N–H and O–H groups in total. The summed E-state index contributed by atoms with van der Waals surface area (Å²) in [5.41, 5.74) is 0.929. The molecule has 0 fully saturated rings. The second kappa shape index (κ2) is 4.12. The van der Waals surface area contributed by atoms with Gasteiger partial charge in [0.25, 0.3) is 0 Å². The lowest BCUT2D eigenvalue weighted by molar-refractivity contribution is -0.302. The molecule has 0 aromatic heterocycles. The minimum Gasteiger partial charge on any atom is -0.548 e. The average Bonchev–Trinajstić information content (AvgIpc) is 2.15. The van der Waals surface area contributed by atoms with Crippen molar-refractivity contribution in [2.75, 3.05) is 11.9 Å². The van der Waals surface area contributed by atoms with Gasteiger partial charge in [0.1, 0.15) is 6.07 Å². The fourth-order valence-electron chi connectivity index (χ4n) is 0.902. The van der Waals surface area contributed by atoms with E-state index in [0.29, 0.717) is 11.3 Å². The van der Waals surface area contributed by atoms with Gasteiger partial charge in [-0.3, -0.25) is 0 Å². The molecule has 0 unspecified atom stereocenters. The third kappa shape index (κ3) is 2.49. The molecule has 4 heteroatoms. The number of nitrogens with one attached hydrogen (secondary N) is 1. The van der Waals surface area contributed by atoms with Crippen LogP contribution >= 0.6 is 0 Å². The molecule has 0 heterocycles. The van der Waals surface area contributed by atoms with E-state index >= 15 is 0 Å². The van der Waals surface area contributed by atoms with Crippen molar-refractivity contribution < 1.29 is 9.90 Å². The topological polar surface area (TPSA) is 76.0 Å². The number of para-hydroxylation sites is 1. The van der Waals surface area contributed by atoms with Crippen molar-refractivity contribution >= 4 is 11.7 Å². The number of hydrogen-bond donors (Lipinski definition) is 1. The molecule has 0 atom stereocenters. The standard InChI is InChI=1S/C9H8N2O2/c10-5-7-3-1-2-4-8(7)11-6-9(12)13/h1-4,11H,6H2,(H,12,13)/p-1. The fourth-order valence-corrected chi connectivity index (χ4v) is 0.902. The van der Waals surface area contributed by atoms with Crippen molar-refractivity contribution in [2.24, 2.45) is 0 Å². The van der Waals surface area contributed by atoms with Crippen LogP contribution in [0.1, 0.15) is 5.56 Å². The van der Waals surface area contributed by atoms with Crippen LogP contribution in [0.15, 0.2) is 24.3 Å². The summed E-state index contributed by atoms with van der Waals surface area (Å²) < 4.78 is 0. The Hall–Kier alpha value is -2.02. The van der Waals surface area contributed by atoms with E-state index in [1.54, 1.807) is 24.3 Å². The highest BCUT2D eigenvalue weighted by Crippen LogP contribution is 2.12. The summed E-state index contributed by atoms with van der Waals surface area (Å²) in [6.07, 6.45) is 0. The van der Waals surface area contributed by atoms with Gasteiger partial charge >= 0.3 is 0 Å². The van der Waals surface area contributed by atoms with Crippen LogP contribution in [0.25, 0.3) is 0 Å². The highest BCUT2D eigenvalue weighted by molar-refractivity contribution is 5.72. The van der Waals surface area contributed by atoms with Gasteiger partial charge in [-0.2, -0.15) is 5.26 Å². The Morgan fingerprint density at radius 2 is 2.23 bits per heavy atom. The molecule has 0 aliphatic rings. The molecule has 0 saturated carbocycles. The Labute approximate surface area is 75.4 Å². The van der Waals surface area contributed by atoms with E-state index in [0.717, 1.165) is 0 Å². The molecule has 0 aliphatic heterocycles. The predicted octanol–water partition coefficient (Wildman–Crippen LogP) is -0.280. The van der Waals surface area contributed by atoms with Crippen molar-refractivity contribution in [3.8, 4) is 6.07 Å². The average molecular weight is 175 g/mol. The molecular formula is C9H7N2O2-. The van der Waals surface area contributed by atoms with Gasteiger partial charge in [-0.25, -0.2) is 0 Å². The molecule has 1 aromatic rings. The molecule has 0 radical (unpaired) electrons. The molecule has 13 heavy (non-hydrogen) atoms. The first-order valence-corrected chi connectivity index (χ1v) is 3.67. The number of nitriles is 1. The molecular weight excluding hydrogens is 168 g/mol. The number of hydrogen-bond acceptors (Lipinski definition) is 4. The summed E-state index contributed by atoms with van der Waals surface area (Å²) in [4.78, 5) is 10.1. The number of anilines is 1. The maximum absolute atomic E-state index is 10.1. The van der Waals surface area contributed by atoms with Gasteiger partial charge in [-0.05, 0) is 12.1 Å². The van der Waals surface area contributed by atoms with E-state index in [9.17, 15) is 9.90 Å². The van der Waals surface area contributed by atoms with E-state index in [-0.39, 0.29) is 6.54 Å². The maximum atomic E-state index is 10.1. The monoisotopic (exact) mass is 175 g/mol. The van der Waals surface area contributed by atoms with Gasteiger partial charge in [0.2, 0.25) is 0 Å². The summed E-state index contributed by atoms with van der Waals surface area (Å²) in [5, 5.41) is 21.3. The molecule has 0 amide bonds. The fraction of sp³-hybridized carbons (Fsp3) is 0.111. The van der Waals surface area contributed by atoms with Crippen molar-refractivity contribution in [1.29, 1.82) is 5.26 Å². The molecule has 1 aromatic carbocycles. The zero-order valence-electron chi connectivity index (χ0n) is 6.78. The first-order chi connectivity index (χ1) is 6.24. The van der Waals surface area contributed by atoms with Gasteiger partial charge < -0.3 is 15.2 Å². The second-order valence-electron chi connectivity index (χ2n) is 2.38. The largest absolute Gasteiger partial charge is 0.548 e. The highest BCUT2D eigenvalue weighted by atomic mass is 16.4. The zero-order valence-corrected chi connectivity index (χ0v) is 6.78. The molecule has 0 spiro atoms. The van der Waals surface area contributed by atoms with Gasteiger partial charge in [0.05, 0.1) is 23.8 Å². The number of benzene rings is 1. The minimum absolute atomic E-state index is 0.293. The van der Waals surface area contributed by atoms with Crippen molar-refractivity contribution in [3.63, 3.8) is 0 Å². The normalized spacial score (nSPS) is 8.85. The van der Waals surface area contributed by atoms with Crippen LogP contribution in [0.3, 0.4) is 0 Å². The Morgan fingerprint density at radius 3 is 2.85 bits per heavy atom. The molecule has 1 rings (SSSR count). The van der Waals surface area contributed by atoms with E-state index in [2.05, 4.69) is 5.32 Å². The quantitative estimate of drug-likeness (QED) is 0.685. The predicted molar refractivity (Wildman–Crippen MR) is 44.7 cm³/mol. The van der Waals surface area contributed by atoms with Gasteiger partial charge in [-0.1, -0.05) is 12.1 Å². The molecule has 0 aliphatic carbocycles. The number of carboxylic acids is 1. The molecule has 66 valence electrons. The van der Waals surface area contributed by atoms with E-state index < -0.39 is 5.97 Å². The lowest BCUT2D eigenvalue weighted by Crippen LogP contribution is -2.30. The second-order valence-corrected chi connectivity index (χ2v) is 2.38. The van der Waals surface area contributed by atoms with Crippen molar-refractivity contribution in [3.05, 3.63) is 29.8 Å². The van der Waals surface area contributed by atoms with E-state index in [1.807, 2.05) is 6.07 Å². The van der Waals surface area contributed by atoms with Crippen molar-refractivity contribution in [2.45, 2.75) is 0 Å². The molecule has 0 saturated heterocycles. The van der Waals surface area contributed by atoms with E-state index in [1.165, 1.54) is 0 Å². The van der Waals surface area contributed by atoms with Crippen LogP contribution in [0.5, 0.6) is 0 Å². The lowest BCUT2D eigenvalue weighted by Gasteiger charge is -2.07. The zero-order chi connectivity index (χ0) is 9.68. The van der Waals surface area contributed by atoms with E-state index in [4.69, 9.17) is 5.26 Å². The Balaban J connectivity index is 2.77. The summed E-state index contributed by atoms with van der Waals surface area (Å²) in [6.45, 7) is -0.293. The maximum Gasteiger partial charge on any atom is 0.101 e. The summed E-state index contributed by atoms with van der Waals surface area (Å²) in [6, 6.07) is 8.62. The number of carbonyl (C=O) groups is 1. The third-order valence-corrected chi connectivity index (χ3v) is 1.47. The number of rotatable bonds is 3. The van der Waals surface area contributed by atoms with Crippen LogP contribution in [-0.2, 0) is 4.79 Å². The number of aliphatic carboxylic acids is 1. The van der Waals surface area contributed by atoms with Gasteiger partial charge in [0, 0.05) is 0 Å². The summed E-state index contributed by atoms with van der Waals surface area (Å²) >= 11 is 0. The SMILES string of the molecule is N#Cc1ccccc1NCC(=O)[O-]. The number of carboxylic acid groups (broad SMARTS) is 1. The Morgan fingerprint density at radius 1 is 1.54 bits per heavy atom. The van der Waals surface area contributed by atoms with Gasteiger partial charge in [0.15, 0.2) is 0 Å². The first kappa shape index (κ1) is 9.07. The van der Waals surface area contributed by atoms with Crippen LogP contribution in [-0.4, -0.2) is 12.5 Å². The minimum atomic E-state index is -1.20. The van der Waals surface area contributed by atoms with Crippen molar-refractivity contribution in [1.82, 2.24) is 0 Å². The number of nitrogens with zero attached hydrogens (tertiary/aromatic N) is 1. The van der Waals surface area contributed by atoms with Crippen LogP contribution < -0.4 is 10.4 Å². The summed E-state index contributed by atoms with van der Waals surface area (Å²) in [5.74, 6) is -1.20. The Bertz CT molecular complexity index is 355. The van der Waals surface area contributed by atoms with Crippen LogP contribution in [0.2, 0.25) is 0 Å². The van der Waals surface area contributed by atoms with Crippen LogP contribution in [0.4, 0.5) is 5.69 Å². The Kier molecular flexibility index (Phi) is 2.87.